The fourth-order valence-electron chi connectivity index (χ4n) is 1.04. The molecule has 66 valence electrons. The van der Waals surface area contributed by atoms with Crippen molar-refractivity contribution in [3.63, 3.8) is 0 Å². The molecule has 0 fully saturated rings. The highest BCUT2D eigenvalue weighted by atomic mass is 16.3. The van der Waals surface area contributed by atoms with Crippen LogP contribution < -0.4 is 11.5 Å². The highest BCUT2D eigenvalue weighted by Crippen LogP contribution is 2.17. The predicted molar refractivity (Wildman–Crippen MR) is 47.3 cm³/mol. The van der Waals surface area contributed by atoms with Crippen LogP contribution in [0.25, 0.3) is 0 Å². The first-order valence-electron chi connectivity index (χ1n) is 3.82. The SMILES string of the molecule is Nc1ncccc1[C@H](N)CCO. The zero-order valence-electron chi connectivity index (χ0n) is 6.77. The molecule has 4 heteroatoms. The lowest BCUT2D eigenvalue weighted by atomic mass is 10.1. The third-order valence-corrected chi connectivity index (χ3v) is 1.71. The number of aromatic nitrogens is 1. The number of hydrogen-bond acceptors (Lipinski definition) is 4. The normalized spacial score (nSPS) is 12.8. The zero-order valence-corrected chi connectivity index (χ0v) is 6.77. The van der Waals surface area contributed by atoms with E-state index in [2.05, 4.69) is 4.98 Å². The van der Waals surface area contributed by atoms with Gasteiger partial charge in [-0.25, -0.2) is 4.98 Å². The molecule has 4 nitrogen and oxygen atoms in total. The molecule has 0 amide bonds. The Balaban J connectivity index is 2.79. The van der Waals surface area contributed by atoms with Crippen molar-refractivity contribution in [1.82, 2.24) is 4.98 Å². The van der Waals surface area contributed by atoms with E-state index in [-0.39, 0.29) is 12.6 Å². The summed E-state index contributed by atoms with van der Waals surface area (Å²) in [7, 11) is 0. The van der Waals surface area contributed by atoms with Gasteiger partial charge in [-0.05, 0) is 12.5 Å². The van der Waals surface area contributed by atoms with Gasteiger partial charge >= 0.3 is 0 Å². The molecule has 0 aliphatic heterocycles. The first kappa shape index (κ1) is 8.96. The fourth-order valence-corrected chi connectivity index (χ4v) is 1.04. The van der Waals surface area contributed by atoms with Crippen LogP contribution in [0, 0.1) is 0 Å². The molecule has 0 spiro atoms. The van der Waals surface area contributed by atoms with Crippen LogP contribution >= 0.6 is 0 Å². The summed E-state index contributed by atoms with van der Waals surface area (Å²) in [4.78, 5) is 3.90. The van der Waals surface area contributed by atoms with E-state index < -0.39 is 0 Å². The minimum Gasteiger partial charge on any atom is -0.396 e. The average Bonchev–Trinajstić information content (AvgIpc) is 2.05. The Bertz CT molecular complexity index is 252. The summed E-state index contributed by atoms with van der Waals surface area (Å²) >= 11 is 0. The van der Waals surface area contributed by atoms with E-state index in [1.165, 1.54) is 0 Å². The number of nitrogens with zero attached hydrogens (tertiary/aromatic N) is 1. The summed E-state index contributed by atoms with van der Waals surface area (Å²) < 4.78 is 0. The number of anilines is 1. The van der Waals surface area contributed by atoms with Gasteiger partial charge in [0.25, 0.3) is 0 Å². The molecule has 1 heterocycles. The van der Waals surface area contributed by atoms with Gasteiger partial charge in [0.2, 0.25) is 0 Å². The number of rotatable bonds is 3. The van der Waals surface area contributed by atoms with Crippen LogP contribution in [0.3, 0.4) is 0 Å². The van der Waals surface area contributed by atoms with Crippen LogP contribution in [0.5, 0.6) is 0 Å². The molecule has 1 aromatic heterocycles. The molecule has 12 heavy (non-hydrogen) atoms. The minimum atomic E-state index is -0.219. The third-order valence-electron chi connectivity index (χ3n) is 1.71. The Morgan fingerprint density at radius 3 is 2.92 bits per heavy atom. The lowest BCUT2D eigenvalue weighted by Gasteiger charge is -2.11. The number of hydrogen-bond donors (Lipinski definition) is 3. The van der Waals surface area contributed by atoms with E-state index in [9.17, 15) is 0 Å². The number of nitrogen functional groups attached to an aromatic ring is 1. The van der Waals surface area contributed by atoms with E-state index in [0.717, 1.165) is 5.56 Å². The quantitative estimate of drug-likeness (QED) is 0.593. The Hall–Kier alpha value is -1.13. The zero-order chi connectivity index (χ0) is 8.97. The number of aliphatic hydroxyl groups is 1. The molecule has 1 rings (SSSR count). The summed E-state index contributed by atoms with van der Waals surface area (Å²) in [6.07, 6.45) is 2.13. The van der Waals surface area contributed by atoms with E-state index >= 15 is 0 Å². The first-order chi connectivity index (χ1) is 5.75. The summed E-state index contributed by atoms with van der Waals surface area (Å²) in [6, 6.07) is 3.38. The molecule has 0 radical (unpaired) electrons. The van der Waals surface area contributed by atoms with Crippen molar-refractivity contribution < 1.29 is 5.11 Å². The number of nitrogens with two attached hydrogens (primary N) is 2. The lowest BCUT2D eigenvalue weighted by molar-refractivity contribution is 0.276. The summed E-state index contributed by atoms with van der Waals surface area (Å²) in [5, 5.41) is 8.65. The maximum absolute atomic E-state index is 8.65. The Labute approximate surface area is 71.2 Å². The highest BCUT2D eigenvalue weighted by molar-refractivity contribution is 5.40. The van der Waals surface area contributed by atoms with Crippen LogP contribution in [0.15, 0.2) is 18.3 Å². The molecule has 0 aliphatic carbocycles. The van der Waals surface area contributed by atoms with Crippen LogP contribution in [-0.4, -0.2) is 16.7 Å². The van der Waals surface area contributed by atoms with Crippen LogP contribution in [0.2, 0.25) is 0 Å². The molecule has 1 aromatic rings. The Morgan fingerprint density at radius 2 is 2.33 bits per heavy atom. The van der Waals surface area contributed by atoms with Crippen molar-refractivity contribution in [2.24, 2.45) is 5.73 Å². The van der Waals surface area contributed by atoms with E-state index in [0.29, 0.717) is 12.2 Å². The van der Waals surface area contributed by atoms with Gasteiger partial charge in [0, 0.05) is 24.4 Å². The summed E-state index contributed by atoms with van der Waals surface area (Å²) in [5.41, 5.74) is 12.1. The van der Waals surface area contributed by atoms with E-state index in [1.54, 1.807) is 12.3 Å². The van der Waals surface area contributed by atoms with Gasteiger partial charge in [-0.2, -0.15) is 0 Å². The fraction of sp³-hybridized carbons (Fsp3) is 0.375. The van der Waals surface area contributed by atoms with Gasteiger partial charge in [0.1, 0.15) is 5.82 Å². The molecular weight excluding hydrogens is 154 g/mol. The monoisotopic (exact) mass is 167 g/mol. The lowest BCUT2D eigenvalue weighted by Crippen LogP contribution is -2.14. The first-order valence-corrected chi connectivity index (χ1v) is 3.82. The Kier molecular flexibility index (Phi) is 3.01. The number of pyridine rings is 1. The molecule has 1 atom stereocenters. The van der Waals surface area contributed by atoms with Crippen molar-refractivity contribution in [2.75, 3.05) is 12.3 Å². The van der Waals surface area contributed by atoms with Gasteiger partial charge < -0.3 is 16.6 Å². The maximum atomic E-state index is 8.65. The van der Waals surface area contributed by atoms with Crippen molar-refractivity contribution in [3.05, 3.63) is 23.9 Å². The second-order valence-electron chi connectivity index (χ2n) is 2.60. The smallest absolute Gasteiger partial charge is 0.128 e. The van der Waals surface area contributed by atoms with Crippen LogP contribution in [-0.2, 0) is 0 Å². The van der Waals surface area contributed by atoms with Crippen molar-refractivity contribution in [2.45, 2.75) is 12.5 Å². The van der Waals surface area contributed by atoms with Crippen LogP contribution in [0.1, 0.15) is 18.0 Å². The molecule has 5 N–H and O–H groups in total. The third kappa shape index (κ3) is 1.93. The van der Waals surface area contributed by atoms with Gasteiger partial charge in [0.15, 0.2) is 0 Å². The number of aliphatic hydroxyl groups excluding tert-OH is 1. The molecule has 0 unspecified atom stereocenters. The van der Waals surface area contributed by atoms with Gasteiger partial charge in [-0.1, -0.05) is 6.07 Å². The van der Waals surface area contributed by atoms with E-state index in [4.69, 9.17) is 16.6 Å². The largest absolute Gasteiger partial charge is 0.396 e. The topological polar surface area (TPSA) is 85.2 Å². The molecule has 0 aromatic carbocycles. The Morgan fingerprint density at radius 1 is 1.58 bits per heavy atom. The van der Waals surface area contributed by atoms with Gasteiger partial charge in [-0.15, -0.1) is 0 Å². The molecular formula is C8H13N3O. The molecule has 0 saturated heterocycles. The van der Waals surface area contributed by atoms with Crippen molar-refractivity contribution >= 4 is 5.82 Å². The predicted octanol–water partition coefficient (Wildman–Crippen LogP) is 0.0460. The van der Waals surface area contributed by atoms with Crippen molar-refractivity contribution in [1.29, 1.82) is 0 Å². The summed E-state index contributed by atoms with van der Waals surface area (Å²) in [6.45, 7) is 0.0650. The summed E-state index contributed by atoms with van der Waals surface area (Å²) in [5.74, 6) is 0.443. The highest BCUT2D eigenvalue weighted by Gasteiger charge is 2.08. The molecule has 0 bridgehead atoms. The average molecular weight is 167 g/mol. The van der Waals surface area contributed by atoms with E-state index in [1.807, 2.05) is 6.07 Å². The minimum absolute atomic E-state index is 0.0650. The second kappa shape index (κ2) is 4.04. The van der Waals surface area contributed by atoms with Gasteiger partial charge in [0.05, 0.1) is 0 Å². The van der Waals surface area contributed by atoms with Gasteiger partial charge in [-0.3, -0.25) is 0 Å². The maximum Gasteiger partial charge on any atom is 0.128 e. The second-order valence-corrected chi connectivity index (χ2v) is 2.60. The van der Waals surface area contributed by atoms with Crippen LogP contribution in [0.4, 0.5) is 5.82 Å². The van der Waals surface area contributed by atoms with Crippen molar-refractivity contribution in [3.8, 4) is 0 Å². The molecule has 0 saturated carbocycles. The molecule has 0 aliphatic rings. The standard InChI is InChI=1S/C8H13N3O/c9-7(3-5-12)6-2-1-4-11-8(6)10/h1-2,4,7,12H,3,5,9H2,(H2,10,11)/t7-/m1/s1.